The Kier molecular flexibility index (Phi) is 10.5. The summed E-state index contributed by atoms with van der Waals surface area (Å²) in [5, 5.41) is 0. The van der Waals surface area contributed by atoms with E-state index in [0.29, 0.717) is 15.5 Å². The predicted octanol–water partition coefficient (Wildman–Crippen LogP) is 4.16. The van der Waals surface area contributed by atoms with Crippen molar-refractivity contribution >= 4 is 3.21 Å². The number of fused-ring (bicyclic) bond motifs is 3. The first-order valence-corrected chi connectivity index (χ1v) is 18.7. The van der Waals surface area contributed by atoms with E-state index in [2.05, 4.69) is 145 Å². The molecule has 0 nitrogen and oxygen atoms in total. The van der Waals surface area contributed by atoms with Gasteiger partial charge in [-0.15, -0.1) is 0 Å². The number of benzene rings is 4. The van der Waals surface area contributed by atoms with E-state index >= 15 is 0 Å². The molecular weight excluding hydrogens is 631 g/mol. The van der Waals surface area contributed by atoms with Gasteiger partial charge in [-0.1, -0.05) is 0 Å². The van der Waals surface area contributed by atoms with E-state index in [1.807, 2.05) is 0 Å². The zero-order valence-electron chi connectivity index (χ0n) is 25.5. The third kappa shape index (κ3) is 6.04. The minimum atomic E-state index is -2.71. The molecule has 0 atom stereocenters. The van der Waals surface area contributed by atoms with Gasteiger partial charge in [0.1, 0.15) is 0 Å². The van der Waals surface area contributed by atoms with Gasteiger partial charge in [-0.3, -0.25) is 0 Å². The SMILES string of the molecule is Cc1ccc2c(c1)[CH]([Zr+2]([C]1=CC(C(C)C)=C(C(C)C)C1)=[C](c1ccccc1)c1ccccc1)c1cc(C)ccc1-2.[Cl-].[Cl-]. The van der Waals surface area contributed by atoms with E-state index in [1.54, 1.807) is 28.8 Å². The normalized spacial score (nSPS) is 13.6. The zero-order chi connectivity index (χ0) is 28.0. The topological polar surface area (TPSA) is 0 Å². The molecule has 4 aromatic rings. The Morgan fingerprint density at radius 3 is 1.52 bits per heavy atom. The average molecular weight is 671 g/mol. The van der Waals surface area contributed by atoms with Crippen molar-refractivity contribution in [1.82, 2.24) is 0 Å². The second-order valence-corrected chi connectivity index (χ2v) is 18.5. The molecule has 0 aliphatic heterocycles. The standard InChI is InChI=1S/C15H13.C13H10.C11H17.2ClH.Zr/c1-10-3-5-14-12(7-10)9-13-8-11(2)4-6-15(13)14;1-3-7-12(8-4-1)11-13-9-5-2-6-10-13;1-8(2)10-6-5-7-11(10)9(3)4;;;/h3-9H,1-2H3;1-10H;6,8-9H,7H2,1-4H3;2*1H;/q;;;;;+2/p-2. The van der Waals surface area contributed by atoms with Crippen LogP contribution in [0.15, 0.2) is 118 Å². The van der Waals surface area contributed by atoms with E-state index in [-0.39, 0.29) is 24.8 Å². The quantitative estimate of drug-likeness (QED) is 0.289. The Labute approximate surface area is 273 Å². The zero-order valence-corrected chi connectivity index (χ0v) is 29.5. The summed E-state index contributed by atoms with van der Waals surface area (Å²) in [5.41, 5.74) is 14.8. The Balaban J connectivity index is 0.00000202. The maximum Gasteiger partial charge on any atom is -1.00 e. The molecule has 3 heteroatoms. The summed E-state index contributed by atoms with van der Waals surface area (Å²) in [6.07, 6.45) is 3.83. The predicted molar refractivity (Wildman–Crippen MR) is 169 cm³/mol. The van der Waals surface area contributed by atoms with Crippen molar-refractivity contribution in [1.29, 1.82) is 0 Å². The average Bonchev–Trinajstić information content (AvgIpc) is 3.52. The van der Waals surface area contributed by atoms with Gasteiger partial charge in [0.2, 0.25) is 0 Å². The molecule has 0 saturated carbocycles. The summed E-state index contributed by atoms with van der Waals surface area (Å²) in [4.78, 5) is 0. The van der Waals surface area contributed by atoms with Crippen molar-refractivity contribution in [3.63, 3.8) is 0 Å². The number of hydrogen-bond acceptors (Lipinski definition) is 0. The molecule has 6 rings (SSSR count). The fourth-order valence-corrected chi connectivity index (χ4v) is 16.0. The molecular formula is C39H40Cl2Zr. The third-order valence-corrected chi connectivity index (χ3v) is 16.9. The summed E-state index contributed by atoms with van der Waals surface area (Å²) >= 11 is -2.71. The van der Waals surface area contributed by atoms with Gasteiger partial charge in [0, 0.05) is 0 Å². The summed E-state index contributed by atoms with van der Waals surface area (Å²) in [7, 11) is 0. The molecule has 0 spiro atoms. The largest absolute Gasteiger partial charge is 1.00 e. The second kappa shape index (κ2) is 13.6. The second-order valence-electron chi connectivity index (χ2n) is 12.3. The molecule has 0 heterocycles. The van der Waals surface area contributed by atoms with Gasteiger partial charge in [-0.05, 0) is 0 Å². The van der Waals surface area contributed by atoms with Gasteiger partial charge >= 0.3 is 250 Å². The first kappa shape index (κ1) is 32.6. The molecule has 4 aromatic carbocycles. The molecule has 2 aliphatic carbocycles. The van der Waals surface area contributed by atoms with Crippen LogP contribution < -0.4 is 24.8 Å². The maximum atomic E-state index is 2.68. The van der Waals surface area contributed by atoms with Crippen LogP contribution in [0.3, 0.4) is 0 Å². The maximum absolute atomic E-state index is 2.71. The van der Waals surface area contributed by atoms with Crippen LogP contribution in [0, 0.1) is 25.7 Å². The first-order chi connectivity index (χ1) is 19.3. The van der Waals surface area contributed by atoms with E-state index in [0.717, 1.165) is 6.42 Å². The number of hydrogen-bond donors (Lipinski definition) is 0. The van der Waals surface area contributed by atoms with Crippen molar-refractivity contribution in [2.45, 2.75) is 51.6 Å². The number of allylic oxidation sites excluding steroid dienone is 4. The molecule has 0 saturated heterocycles. The fourth-order valence-electron chi connectivity index (χ4n) is 6.88. The minimum Gasteiger partial charge on any atom is -1.00 e. The summed E-state index contributed by atoms with van der Waals surface area (Å²) < 4.78 is 3.84. The minimum absolute atomic E-state index is 0. The first-order valence-electron chi connectivity index (χ1n) is 14.8. The third-order valence-electron chi connectivity index (χ3n) is 8.76. The van der Waals surface area contributed by atoms with E-state index in [1.165, 1.54) is 33.4 Å². The molecule has 214 valence electrons. The Bertz CT molecular complexity index is 1580. The molecule has 0 N–H and O–H groups in total. The van der Waals surface area contributed by atoms with Crippen LogP contribution in [-0.4, -0.2) is 3.21 Å². The number of aryl methyl sites for hydroxylation is 2. The van der Waals surface area contributed by atoms with Crippen LogP contribution in [-0.2, 0) is 21.3 Å². The van der Waals surface area contributed by atoms with E-state index < -0.39 is 21.3 Å². The molecule has 0 aromatic heterocycles. The van der Waals surface area contributed by atoms with Gasteiger partial charge in [-0.25, -0.2) is 0 Å². The van der Waals surface area contributed by atoms with Gasteiger partial charge in [-0.2, -0.15) is 0 Å². The van der Waals surface area contributed by atoms with Crippen LogP contribution >= 0.6 is 0 Å². The van der Waals surface area contributed by atoms with Crippen LogP contribution in [0.25, 0.3) is 11.1 Å². The summed E-state index contributed by atoms with van der Waals surface area (Å²) in [6, 6.07) is 37.1. The van der Waals surface area contributed by atoms with Crippen molar-refractivity contribution in [3.8, 4) is 11.1 Å². The summed E-state index contributed by atoms with van der Waals surface area (Å²) in [6.45, 7) is 14.1. The van der Waals surface area contributed by atoms with Gasteiger partial charge in [0.05, 0.1) is 0 Å². The van der Waals surface area contributed by atoms with Gasteiger partial charge in [0.25, 0.3) is 0 Å². The van der Waals surface area contributed by atoms with Crippen LogP contribution in [0.5, 0.6) is 0 Å². The number of rotatable bonds is 6. The smallest absolute Gasteiger partial charge is 1.00 e. The molecule has 42 heavy (non-hydrogen) atoms. The molecule has 0 unspecified atom stereocenters. The van der Waals surface area contributed by atoms with Gasteiger partial charge < -0.3 is 24.8 Å². The molecule has 0 fully saturated rings. The van der Waals surface area contributed by atoms with Crippen molar-refractivity contribution in [2.75, 3.05) is 0 Å². The Hall–Kier alpha value is -2.31. The fraction of sp³-hybridized carbons (Fsp3) is 0.256. The molecule has 0 radical (unpaired) electrons. The molecule has 0 bridgehead atoms. The van der Waals surface area contributed by atoms with Crippen molar-refractivity contribution < 1.29 is 46.1 Å². The number of halogens is 2. The Morgan fingerprint density at radius 1 is 0.643 bits per heavy atom. The van der Waals surface area contributed by atoms with Crippen LogP contribution in [0.4, 0.5) is 0 Å². The van der Waals surface area contributed by atoms with Crippen LogP contribution in [0.2, 0.25) is 0 Å². The van der Waals surface area contributed by atoms with Crippen LogP contribution in [0.1, 0.15) is 71.1 Å². The van der Waals surface area contributed by atoms with E-state index in [4.69, 9.17) is 0 Å². The molecule has 0 amide bonds. The molecule has 2 aliphatic rings. The van der Waals surface area contributed by atoms with E-state index in [9.17, 15) is 0 Å². The summed E-state index contributed by atoms with van der Waals surface area (Å²) in [5.74, 6) is 1.12. The Morgan fingerprint density at radius 2 is 1.12 bits per heavy atom. The monoisotopic (exact) mass is 668 g/mol. The van der Waals surface area contributed by atoms with Crippen molar-refractivity contribution in [2.24, 2.45) is 11.8 Å². The van der Waals surface area contributed by atoms with Gasteiger partial charge in [0.15, 0.2) is 0 Å². The van der Waals surface area contributed by atoms with Crippen molar-refractivity contribution in [3.05, 3.63) is 151 Å².